The van der Waals surface area contributed by atoms with Crippen molar-refractivity contribution in [2.24, 2.45) is 11.8 Å². The van der Waals surface area contributed by atoms with Crippen LogP contribution in [0.4, 0.5) is 0 Å². The number of aryl methyl sites for hydroxylation is 1. The van der Waals surface area contributed by atoms with Crippen LogP contribution in [0.25, 0.3) is 0 Å². The summed E-state index contributed by atoms with van der Waals surface area (Å²) in [6, 6.07) is 0.375. The number of rotatable bonds is 6. The summed E-state index contributed by atoms with van der Waals surface area (Å²) in [6.07, 6.45) is 5.18. The van der Waals surface area contributed by atoms with Gasteiger partial charge in [0.05, 0.1) is 12.6 Å². The van der Waals surface area contributed by atoms with Crippen molar-refractivity contribution in [1.82, 2.24) is 25.3 Å². The Morgan fingerprint density at radius 1 is 1.32 bits per heavy atom. The van der Waals surface area contributed by atoms with Crippen molar-refractivity contribution in [3.63, 3.8) is 0 Å². The maximum atomic E-state index is 12.8. The van der Waals surface area contributed by atoms with Crippen molar-refractivity contribution >= 4 is 11.8 Å². The van der Waals surface area contributed by atoms with Crippen LogP contribution in [-0.4, -0.2) is 63.5 Å². The molecule has 2 bridgehead atoms. The highest BCUT2D eigenvalue weighted by molar-refractivity contribution is 5.78. The molecule has 1 aromatic rings. The zero-order valence-electron chi connectivity index (χ0n) is 16.9. The summed E-state index contributed by atoms with van der Waals surface area (Å²) >= 11 is 0. The Balaban J connectivity index is 1.50. The molecule has 4 atom stereocenters. The number of hydrogen-bond acceptors (Lipinski definition) is 6. The molecule has 3 aliphatic rings. The lowest BCUT2D eigenvalue weighted by molar-refractivity contribution is -0.153. The van der Waals surface area contributed by atoms with Crippen LogP contribution in [0.5, 0.6) is 0 Å². The fraction of sp³-hybridized carbons (Fsp3) is 0.800. The summed E-state index contributed by atoms with van der Waals surface area (Å²) in [4.78, 5) is 33.7. The largest absolute Gasteiger partial charge is 0.354 e. The first-order valence-corrected chi connectivity index (χ1v) is 10.6. The van der Waals surface area contributed by atoms with Crippen molar-refractivity contribution in [2.75, 3.05) is 19.6 Å². The monoisotopic (exact) mass is 389 g/mol. The summed E-state index contributed by atoms with van der Waals surface area (Å²) in [7, 11) is 0. The van der Waals surface area contributed by atoms with Gasteiger partial charge in [0.1, 0.15) is 0 Å². The summed E-state index contributed by atoms with van der Waals surface area (Å²) in [5, 5.41) is 6.98. The van der Waals surface area contributed by atoms with Gasteiger partial charge < -0.3 is 14.7 Å². The Kier molecular flexibility index (Phi) is 5.66. The van der Waals surface area contributed by atoms with Gasteiger partial charge in [0.15, 0.2) is 5.82 Å². The number of likely N-dealkylation sites (tertiary alicyclic amines) is 1. The lowest BCUT2D eigenvalue weighted by atomic mass is 9.72. The van der Waals surface area contributed by atoms with Crippen molar-refractivity contribution in [1.29, 1.82) is 0 Å². The van der Waals surface area contributed by atoms with E-state index in [-0.39, 0.29) is 23.9 Å². The van der Waals surface area contributed by atoms with Crippen molar-refractivity contribution in [3.8, 4) is 0 Å². The molecule has 1 aromatic heterocycles. The molecule has 2 amide bonds. The van der Waals surface area contributed by atoms with E-state index in [9.17, 15) is 9.59 Å². The molecule has 0 aliphatic carbocycles. The second kappa shape index (κ2) is 8.19. The van der Waals surface area contributed by atoms with E-state index in [1.165, 1.54) is 0 Å². The molecule has 4 rings (SSSR count). The van der Waals surface area contributed by atoms with Gasteiger partial charge in [0.25, 0.3) is 0 Å². The van der Waals surface area contributed by atoms with E-state index in [0.717, 1.165) is 38.8 Å². The maximum Gasteiger partial charge on any atom is 0.240 e. The fourth-order valence-corrected chi connectivity index (χ4v) is 5.39. The van der Waals surface area contributed by atoms with Gasteiger partial charge in [0.2, 0.25) is 17.7 Å². The van der Waals surface area contributed by atoms with Crippen LogP contribution in [0.3, 0.4) is 0 Å². The van der Waals surface area contributed by atoms with Crippen molar-refractivity contribution in [3.05, 3.63) is 11.7 Å². The van der Waals surface area contributed by atoms with E-state index in [1.807, 2.05) is 13.8 Å². The summed E-state index contributed by atoms with van der Waals surface area (Å²) in [5.74, 6) is 2.51. The van der Waals surface area contributed by atoms with Gasteiger partial charge in [-0.25, -0.2) is 0 Å². The van der Waals surface area contributed by atoms with E-state index in [4.69, 9.17) is 4.52 Å². The van der Waals surface area contributed by atoms with Crippen LogP contribution < -0.4 is 5.32 Å². The highest BCUT2D eigenvalue weighted by atomic mass is 16.5. The number of aromatic nitrogens is 2. The Hall–Kier alpha value is -1.96. The highest BCUT2D eigenvalue weighted by Crippen LogP contribution is 2.41. The first-order chi connectivity index (χ1) is 13.5. The number of piperidine rings is 3. The second-order valence-electron chi connectivity index (χ2n) is 8.57. The minimum Gasteiger partial charge on any atom is -0.354 e. The minimum atomic E-state index is 0.0830. The number of carbonyl (C=O) groups is 2. The van der Waals surface area contributed by atoms with Crippen LogP contribution in [0.15, 0.2) is 4.52 Å². The molecule has 0 radical (unpaired) electrons. The predicted molar refractivity (Wildman–Crippen MR) is 102 cm³/mol. The number of fused-ring (bicyclic) bond motifs is 4. The molecule has 3 saturated heterocycles. The zero-order valence-corrected chi connectivity index (χ0v) is 16.9. The molecule has 8 nitrogen and oxygen atoms in total. The normalized spacial score (nSPS) is 30.2. The predicted octanol–water partition coefficient (Wildman–Crippen LogP) is 1.50. The molecular formula is C20H31N5O3. The average molecular weight is 390 g/mol. The van der Waals surface area contributed by atoms with Gasteiger partial charge in [0, 0.05) is 38.5 Å². The number of hydrogen-bond donors (Lipinski definition) is 1. The van der Waals surface area contributed by atoms with Gasteiger partial charge in [-0.05, 0) is 44.4 Å². The molecule has 28 heavy (non-hydrogen) atoms. The molecule has 8 heteroatoms. The molecule has 0 aromatic carbocycles. The van der Waals surface area contributed by atoms with Crippen molar-refractivity contribution in [2.45, 2.75) is 71.0 Å². The molecule has 1 N–H and O–H groups in total. The topological polar surface area (TPSA) is 91.6 Å². The van der Waals surface area contributed by atoms with Crippen LogP contribution in [0.2, 0.25) is 0 Å². The molecule has 0 spiro atoms. The lowest BCUT2D eigenvalue weighted by Gasteiger charge is -2.56. The summed E-state index contributed by atoms with van der Waals surface area (Å²) in [5.41, 5.74) is 0. The lowest BCUT2D eigenvalue weighted by Crippen LogP contribution is -2.67. The summed E-state index contributed by atoms with van der Waals surface area (Å²) < 4.78 is 5.32. The molecule has 0 unspecified atom stereocenters. The summed E-state index contributed by atoms with van der Waals surface area (Å²) in [6.45, 7) is 6.91. The van der Waals surface area contributed by atoms with Crippen LogP contribution in [-0.2, 0) is 16.1 Å². The molecule has 4 heterocycles. The van der Waals surface area contributed by atoms with Gasteiger partial charge in [-0.3, -0.25) is 14.5 Å². The SMILES string of the molecule is CCCC(=O)NC[C@H]1[C@H]2C[C@H](CN(Cc3nc(C)no3)C2)[C@@H]2CCCC(=O)N21. The Labute approximate surface area is 166 Å². The van der Waals surface area contributed by atoms with E-state index < -0.39 is 0 Å². The molecule has 0 saturated carbocycles. The zero-order chi connectivity index (χ0) is 19.7. The van der Waals surface area contributed by atoms with Gasteiger partial charge in [-0.1, -0.05) is 12.1 Å². The molecule has 3 aliphatic heterocycles. The van der Waals surface area contributed by atoms with Gasteiger partial charge in [-0.2, -0.15) is 4.98 Å². The van der Waals surface area contributed by atoms with Crippen LogP contribution >= 0.6 is 0 Å². The number of carbonyl (C=O) groups excluding carboxylic acids is 2. The van der Waals surface area contributed by atoms with Crippen LogP contribution in [0.1, 0.15) is 57.2 Å². The van der Waals surface area contributed by atoms with E-state index in [0.29, 0.717) is 49.5 Å². The minimum absolute atomic E-state index is 0.0830. The van der Waals surface area contributed by atoms with Gasteiger partial charge in [-0.15, -0.1) is 0 Å². The average Bonchev–Trinajstić information content (AvgIpc) is 3.07. The third-order valence-electron chi connectivity index (χ3n) is 6.49. The quantitative estimate of drug-likeness (QED) is 0.793. The third-order valence-corrected chi connectivity index (χ3v) is 6.49. The van der Waals surface area contributed by atoms with Crippen LogP contribution in [0, 0.1) is 18.8 Å². The Bertz CT molecular complexity index is 720. The second-order valence-corrected chi connectivity index (χ2v) is 8.57. The number of amides is 2. The van der Waals surface area contributed by atoms with E-state index in [2.05, 4.69) is 25.3 Å². The first-order valence-electron chi connectivity index (χ1n) is 10.6. The van der Waals surface area contributed by atoms with Gasteiger partial charge >= 0.3 is 0 Å². The fourth-order valence-electron chi connectivity index (χ4n) is 5.39. The smallest absolute Gasteiger partial charge is 0.240 e. The van der Waals surface area contributed by atoms with E-state index in [1.54, 1.807) is 0 Å². The first kappa shape index (κ1) is 19.4. The molecule has 3 fully saturated rings. The van der Waals surface area contributed by atoms with Crippen molar-refractivity contribution < 1.29 is 14.1 Å². The van der Waals surface area contributed by atoms with E-state index >= 15 is 0 Å². The number of nitrogens with one attached hydrogen (secondary N) is 1. The highest BCUT2D eigenvalue weighted by Gasteiger charge is 2.49. The Morgan fingerprint density at radius 3 is 2.89 bits per heavy atom. The standard InChI is InChI=1S/C20H31N5O3/c1-3-5-18(26)21-9-17-15-8-14(16-6-4-7-20(27)25(16)17)10-24(11-15)12-19-22-13(2)23-28-19/h14-17H,3-12H2,1-2H3,(H,21,26)/t14-,15+,16+,17+/m1/s1. The third kappa shape index (κ3) is 3.92. The maximum absolute atomic E-state index is 12.8. The Morgan fingerprint density at radius 2 is 2.14 bits per heavy atom. The number of nitrogens with zero attached hydrogens (tertiary/aromatic N) is 4. The molecular weight excluding hydrogens is 358 g/mol. The molecule has 154 valence electrons.